The summed E-state index contributed by atoms with van der Waals surface area (Å²) in [5.41, 5.74) is 0.564. The summed E-state index contributed by atoms with van der Waals surface area (Å²) in [5.74, 6) is 1.08. The first-order valence-electron chi connectivity index (χ1n) is 5.77. The highest BCUT2D eigenvalue weighted by Gasteiger charge is 2.08. The highest BCUT2D eigenvalue weighted by Crippen LogP contribution is 2.27. The lowest BCUT2D eigenvalue weighted by molar-refractivity contribution is 0.104. The molecule has 4 heteroatoms. The molecule has 0 saturated heterocycles. The Labute approximate surface area is 108 Å². The molecule has 1 rings (SSSR count). The summed E-state index contributed by atoms with van der Waals surface area (Å²) in [7, 11) is 3.11. The first-order chi connectivity index (χ1) is 8.58. The number of allylic oxidation sites excluding steroid dienone is 1. The Hall–Kier alpha value is -1.97. The molecule has 98 valence electrons. The maximum Gasteiger partial charge on any atom is 0.187 e. The van der Waals surface area contributed by atoms with Crippen molar-refractivity contribution in [3.05, 3.63) is 36.0 Å². The van der Waals surface area contributed by atoms with E-state index in [4.69, 9.17) is 9.47 Å². The van der Waals surface area contributed by atoms with Crippen molar-refractivity contribution in [3.8, 4) is 11.5 Å². The highest BCUT2D eigenvalue weighted by molar-refractivity contribution is 6.04. The van der Waals surface area contributed by atoms with Crippen LogP contribution in [0, 0.1) is 0 Å². The van der Waals surface area contributed by atoms with Gasteiger partial charge in [-0.05, 0) is 32.0 Å². The zero-order chi connectivity index (χ0) is 13.5. The minimum absolute atomic E-state index is 0.0795. The van der Waals surface area contributed by atoms with Crippen LogP contribution in [0.5, 0.6) is 11.5 Å². The van der Waals surface area contributed by atoms with Crippen LogP contribution in [0.3, 0.4) is 0 Å². The number of carbonyl (C=O) groups is 1. The standard InChI is InChI=1S/C14H19NO3/c1-10(2)15-8-7-12(16)11-5-6-13(17-3)14(9-11)18-4/h5-10,15H,1-4H3/b8-7+. The second kappa shape index (κ2) is 6.69. The van der Waals surface area contributed by atoms with E-state index in [0.29, 0.717) is 23.1 Å². The second-order valence-corrected chi connectivity index (χ2v) is 4.09. The van der Waals surface area contributed by atoms with Gasteiger partial charge in [0.2, 0.25) is 0 Å². The van der Waals surface area contributed by atoms with Crippen LogP contribution in [-0.4, -0.2) is 26.0 Å². The van der Waals surface area contributed by atoms with Gasteiger partial charge in [0.25, 0.3) is 0 Å². The van der Waals surface area contributed by atoms with Gasteiger partial charge in [0.15, 0.2) is 17.3 Å². The van der Waals surface area contributed by atoms with E-state index in [9.17, 15) is 4.79 Å². The van der Waals surface area contributed by atoms with Crippen LogP contribution in [0.25, 0.3) is 0 Å². The fraction of sp³-hybridized carbons (Fsp3) is 0.357. The number of ketones is 1. The molecule has 0 unspecified atom stereocenters. The van der Waals surface area contributed by atoms with Gasteiger partial charge >= 0.3 is 0 Å². The normalized spacial score (nSPS) is 10.7. The van der Waals surface area contributed by atoms with E-state index >= 15 is 0 Å². The summed E-state index contributed by atoms with van der Waals surface area (Å²) in [5, 5.41) is 3.04. The van der Waals surface area contributed by atoms with Gasteiger partial charge in [0, 0.05) is 23.9 Å². The van der Waals surface area contributed by atoms with Gasteiger partial charge in [-0.25, -0.2) is 0 Å². The Morgan fingerprint density at radius 3 is 2.44 bits per heavy atom. The van der Waals surface area contributed by atoms with E-state index in [1.807, 2.05) is 13.8 Å². The molecule has 0 aliphatic rings. The maximum absolute atomic E-state index is 11.9. The van der Waals surface area contributed by atoms with E-state index in [2.05, 4.69) is 5.32 Å². The van der Waals surface area contributed by atoms with Crippen molar-refractivity contribution in [1.82, 2.24) is 5.32 Å². The zero-order valence-corrected chi connectivity index (χ0v) is 11.2. The van der Waals surface area contributed by atoms with Gasteiger partial charge in [-0.3, -0.25) is 4.79 Å². The van der Waals surface area contributed by atoms with Crippen molar-refractivity contribution < 1.29 is 14.3 Å². The van der Waals surface area contributed by atoms with Crippen molar-refractivity contribution >= 4 is 5.78 Å². The van der Waals surface area contributed by atoms with E-state index in [-0.39, 0.29) is 5.78 Å². The average Bonchev–Trinajstić information content (AvgIpc) is 2.37. The molecule has 1 N–H and O–H groups in total. The number of hydrogen-bond donors (Lipinski definition) is 1. The van der Waals surface area contributed by atoms with Gasteiger partial charge in [-0.1, -0.05) is 0 Å². The Bertz CT molecular complexity index is 439. The molecule has 0 bridgehead atoms. The number of nitrogens with one attached hydrogen (secondary N) is 1. The minimum Gasteiger partial charge on any atom is -0.493 e. The van der Waals surface area contributed by atoms with Crippen LogP contribution in [0.1, 0.15) is 24.2 Å². The molecule has 0 heterocycles. The number of methoxy groups -OCH3 is 2. The molecule has 0 aromatic heterocycles. The maximum atomic E-state index is 11.9. The van der Waals surface area contributed by atoms with E-state index in [1.165, 1.54) is 6.08 Å². The fourth-order valence-corrected chi connectivity index (χ4v) is 1.40. The molecule has 0 fully saturated rings. The smallest absolute Gasteiger partial charge is 0.187 e. The van der Waals surface area contributed by atoms with Gasteiger partial charge in [-0.2, -0.15) is 0 Å². The quantitative estimate of drug-likeness (QED) is 0.621. The summed E-state index contributed by atoms with van der Waals surface area (Å²) in [4.78, 5) is 11.9. The third-order valence-corrected chi connectivity index (χ3v) is 2.33. The largest absolute Gasteiger partial charge is 0.493 e. The second-order valence-electron chi connectivity index (χ2n) is 4.09. The molecular weight excluding hydrogens is 230 g/mol. The molecular formula is C14H19NO3. The minimum atomic E-state index is -0.0795. The van der Waals surface area contributed by atoms with Crippen LogP contribution in [0.15, 0.2) is 30.5 Å². The third-order valence-electron chi connectivity index (χ3n) is 2.33. The number of rotatable bonds is 6. The zero-order valence-electron chi connectivity index (χ0n) is 11.2. The van der Waals surface area contributed by atoms with Crippen LogP contribution < -0.4 is 14.8 Å². The van der Waals surface area contributed by atoms with Crippen LogP contribution in [-0.2, 0) is 0 Å². The first kappa shape index (κ1) is 14.1. The van der Waals surface area contributed by atoms with Crippen molar-refractivity contribution in [2.75, 3.05) is 14.2 Å². The molecule has 0 atom stereocenters. The summed E-state index contributed by atoms with van der Waals surface area (Å²) in [6.07, 6.45) is 3.16. The Kier molecular flexibility index (Phi) is 5.24. The molecule has 0 amide bonds. The Morgan fingerprint density at radius 1 is 1.22 bits per heavy atom. The number of benzene rings is 1. The third kappa shape index (κ3) is 3.80. The van der Waals surface area contributed by atoms with Crippen molar-refractivity contribution in [3.63, 3.8) is 0 Å². The fourth-order valence-electron chi connectivity index (χ4n) is 1.40. The lowest BCUT2D eigenvalue weighted by Crippen LogP contribution is -2.15. The number of hydrogen-bond acceptors (Lipinski definition) is 4. The predicted octanol–water partition coefficient (Wildman–Crippen LogP) is 2.40. The highest BCUT2D eigenvalue weighted by atomic mass is 16.5. The van der Waals surface area contributed by atoms with E-state index in [0.717, 1.165) is 0 Å². The van der Waals surface area contributed by atoms with Gasteiger partial charge < -0.3 is 14.8 Å². The monoisotopic (exact) mass is 249 g/mol. The lowest BCUT2D eigenvalue weighted by atomic mass is 10.1. The van der Waals surface area contributed by atoms with Gasteiger partial charge in [0.05, 0.1) is 14.2 Å². The average molecular weight is 249 g/mol. The van der Waals surface area contributed by atoms with E-state index < -0.39 is 0 Å². The molecule has 1 aromatic carbocycles. The van der Waals surface area contributed by atoms with Crippen LogP contribution in [0.4, 0.5) is 0 Å². The van der Waals surface area contributed by atoms with E-state index in [1.54, 1.807) is 38.6 Å². The SMILES string of the molecule is COc1ccc(C(=O)/C=C/NC(C)C)cc1OC. The summed E-state index contributed by atoms with van der Waals surface area (Å²) < 4.78 is 10.3. The summed E-state index contributed by atoms with van der Waals surface area (Å²) in [6.45, 7) is 4.01. The van der Waals surface area contributed by atoms with Crippen molar-refractivity contribution in [1.29, 1.82) is 0 Å². The van der Waals surface area contributed by atoms with Gasteiger partial charge in [0.1, 0.15) is 0 Å². The molecule has 4 nitrogen and oxygen atoms in total. The van der Waals surface area contributed by atoms with Crippen molar-refractivity contribution in [2.24, 2.45) is 0 Å². The van der Waals surface area contributed by atoms with Crippen LogP contribution >= 0.6 is 0 Å². The number of carbonyl (C=O) groups excluding carboxylic acids is 1. The molecule has 0 aliphatic carbocycles. The summed E-state index contributed by atoms with van der Waals surface area (Å²) >= 11 is 0. The molecule has 0 radical (unpaired) electrons. The molecule has 18 heavy (non-hydrogen) atoms. The van der Waals surface area contributed by atoms with Crippen LogP contribution in [0.2, 0.25) is 0 Å². The molecule has 0 saturated carbocycles. The first-order valence-corrected chi connectivity index (χ1v) is 5.77. The predicted molar refractivity (Wildman–Crippen MR) is 71.3 cm³/mol. The summed E-state index contributed by atoms with van der Waals surface area (Å²) in [6, 6.07) is 5.40. The Balaban J connectivity index is 2.83. The molecule has 0 aliphatic heterocycles. The van der Waals surface area contributed by atoms with Gasteiger partial charge in [-0.15, -0.1) is 0 Å². The molecule has 0 spiro atoms. The molecule has 1 aromatic rings. The topological polar surface area (TPSA) is 47.6 Å². The number of ether oxygens (including phenoxy) is 2. The Morgan fingerprint density at radius 2 is 1.89 bits per heavy atom. The lowest BCUT2D eigenvalue weighted by Gasteiger charge is -2.08. The van der Waals surface area contributed by atoms with Crippen molar-refractivity contribution in [2.45, 2.75) is 19.9 Å².